The fourth-order valence-electron chi connectivity index (χ4n) is 2.55. The fourth-order valence-corrected chi connectivity index (χ4v) is 4.25. The molecule has 0 bridgehead atoms. The molecule has 2 rings (SSSR count). The van der Waals surface area contributed by atoms with Crippen molar-refractivity contribution in [3.8, 4) is 0 Å². The molecule has 1 aliphatic rings. The van der Waals surface area contributed by atoms with Gasteiger partial charge in [0.25, 0.3) is 5.91 Å². The summed E-state index contributed by atoms with van der Waals surface area (Å²) in [6.07, 6.45) is 2.51. The molecule has 0 radical (unpaired) electrons. The fraction of sp³-hybridized carbons (Fsp3) is 0.562. The summed E-state index contributed by atoms with van der Waals surface area (Å²) in [5.41, 5.74) is 0.201. The highest BCUT2D eigenvalue weighted by Gasteiger charge is 2.29. The van der Waals surface area contributed by atoms with E-state index in [2.05, 4.69) is 12.2 Å². The van der Waals surface area contributed by atoms with Gasteiger partial charge in [-0.1, -0.05) is 25.4 Å². The molecule has 1 saturated heterocycles. The number of hydrogen-bond donors (Lipinski definition) is 1. The standard InChI is InChI=1S/C16H23ClN2O3S/c1-3-8-18-16(20)14-11-13(4-5-15(14)17)23(21,22)19-9-6-12(2)7-10-19/h4-5,11-12H,3,6-10H2,1-2H3,(H,18,20). The topological polar surface area (TPSA) is 66.5 Å². The van der Waals surface area contributed by atoms with E-state index in [1.54, 1.807) is 0 Å². The Morgan fingerprint density at radius 2 is 2.00 bits per heavy atom. The van der Waals surface area contributed by atoms with Gasteiger partial charge in [0.05, 0.1) is 15.5 Å². The van der Waals surface area contributed by atoms with Crippen molar-refractivity contribution >= 4 is 27.5 Å². The SMILES string of the molecule is CCCNC(=O)c1cc(S(=O)(=O)N2CCC(C)CC2)ccc1Cl. The van der Waals surface area contributed by atoms with Crippen LogP contribution >= 0.6 is 11.6 Å². The molecule has 0 saturated carbocycles. The number of piperidine rings is 1. The van der Waals surface area contributed by atoms with Crippen LogP contribution in [0, 0.1) is 5.92 Å². The first kappa shape index (κ1) is 18.2. The first-order valence-corrected chi connectivity index (χ1v) is 9.76. The number of benzene rings is 1. The second-order valence-corrected chi connectivity index (χ2v) is 8.33. The molecule has 1 heterocycles. The van der Waals surface area contributed by atoms with Gasteiger partial charge >= 0.3 is 0 Å². The third-order valence-electron chi connectivity index (χ3n) is 4.10. The number of carbonyl (C=O) groups excluding carboxylic acids is 1. The number of nitrogens with zero attached hydrogens (tertiary/aromatic N) is 1. The molecule has 1 fully saturated rings. The molecule has 7 heteroatoms. The molecule has 1 aliphatic heterocycles. The van der Waals surface area contributed by atoms with Gasteiger partial charge in [0, 0.05) is 19.6 Å². The highest BCUT2D eigenvalue weighted by atomic mass is 35.5. The zero-order valence-corrected chi connectivity index (χ0v) is 15.1. The number of nitrogens with one attached hydrogen (secondary N) is 1. The molecule has 23 heavy (non-hydrogen) atoms. The predicted octanol–water partition coefficient (Wildman–Crippen LogP) is 2.90. The minimum atomic E-state index is -3.58. The van der Waals surface area contributed by atoms with Crippen LogP contribution in [0.1, 0.15) is 43.5 Å². The van der Waals surface area contributed by atoms with Gasteiger partial charge in [0.1, 0.15) is 0 Å². The summed E-state index contributed by atoms with van der Waals surface area (Å²) < 4.78 is 27.0. The van der Waals surface area contributed by atoms with Crippen LogP contribution < -0.4 is 5.32 Å². The highest BCUT2D eigenvalue weighted by Crippen LogP contribution is 2.26. The average molecular weight is 359 g/mol. The van der Waals surface area contributed by atoms with Crippen molar-refractivity contribution in [2.24, 2.45) is 5.92 Å². The van der Waals surface area contributed by atoms with Crippen molar-refractivity contribution < 1.29 is 13.2 Å². The molecule has 0 atom stereocenters. The number of halogens is 1. The lowest BCUT2D eigenvalue weighted by molar-refractivity contribution is 0.0953. The Morgan fingerprint density at radius 3 is 2.61 bits per heavy atom. The largest absolute Gasteiger partial charge is 0.352 e. The quantitative estimate of drug-likeness (QED) is 0.880. The summed E-state index contributed by atoms with van der Waals surface area (Å²) in [6, 6.07) is 4.31. The Labute approximate surface area is 143 Å². The Morgan fingerprint density at radius 1 is 1.35 bits per heavy atom. The van der Waals surface area contributed by atoms with Gasteiger partial charge < -0.3 is 5.32 Å². The van der Waals surface area contributed by atoms with Crippen molar-refractivity contribution in [3.05, 3.63) is 28.8 Å². The van der Waals surface area contributed by atoms with Crippen molar-refractivity contribution in [1.29, 1.82) is 0 Å². The summed E-state index contributed by atoms with van der Waals surface area (Å²) in [5.74, 6) is 0.197. The Bertz CT molecular complexity index is 668. The summed E-state index contributed by atoms with van der Waals surface area (Å²) in [4.78, 5) is 12.2. The second-order valence-electron chi connectivity index (χ2n) is 5.98. The van der Waals surface area contributed by atoms with Crippen LogP contribution in [0.4, 0.5) is 0 Å². The summed E-state index contributed by atoms with van der Waals surface area (Å²) >= 11 is 6.06. The van der Waals surface area contributed by atoms with Crippen LogP contribution in [0.3, 0.4) is 0 Å². The lowest BCUT2D eigenvalue weighted by Gasteiger charge is -2.29. The van der Waals surface area contributed by atoms with E-state index in [1.807, 2.05) is 6.92 Å². The van der Waals surface area contributed by atoms with Crippen LogP contribution in [0.15, 0.2) is 23.1 Å². The van der Waals surface area contributed by atoms with E-state index in [1.165, 1.54) is 22.5 Å². The van der Waals surface area contributed by atoms with Gasteiger partial charge in [-0.15, -0.1) is 0 Å². The highest BCUT2D eigenvalue weighted by molar-refractivity contribution is 7.89. The third kappa shape index (κ3) is 4.25. The van der Waals surface area contributed by atoms with Gasteiger partial charge in [0.2, 0.25) is 10.0 Å². The van der Waals surface area contributed by atoms with Crippen LogP contribution in [0.5, 0.6) is 0 Å². The monoisotopic (exact) mass is 358 g/mol. The molecule has 128 valence electrons. The maximum Gasteiger partial charge on any atom is 0.252 e. The van der Waals surface area contributed by atoms with Crippen molar-refractivity contribution in [1.82, 2.24) is 9.62 Å². The first-order chi connectivity index (χ1) is 10.9. The van der Waals surface area contributed by atoms with E-state index in [-0.39, 0.29) is 21.4 Å². The third-order valence-corrected chi connectivity index (χ3v) is 6.32. The molecule has 5 nitrogen and oxygen atoms in total. The van der Waals surface area contributed by atoms with Crippen LogP contribution in [0.25, 0.3) is 0 Å². The lowest BCUT2D eigenvalue weighted by atomic mass is 10.0. The van der Waals surface area contributed by atoms with E-state index >= 15 is 0 Å². The number of rotatable bonds is 5. The predicted molar refractivity (Wildman–Crippen MR) is 91.2 cm³/mol. The van der Waals surface area contributed by atoms with Crippen molar-refractivity contribution in [2.45, 2.75) is 38.0 Å². The zero-order valence-electron chi connectivity index (χ0n) is 13.5. The number of carbonyl (C=O) groups is 1. The normalized spacial score (nSPS) is 17.2. The molecule has 0 aliphatic carbocycles. The second kappa shape index (κ2) is 7.64. The maximum absolute atomic E-state index is 12.7. The van der Waals surface area contributed by atoms with E-state index in [0.29, 0.717) is 25.6 Å². The van der Waals surface area contributed by atoms with Crippen molar-refractivity contribution in [2.75, 3.05) is 19.6 Å². The van der Waals surface area contributed by atoms with Gasteiger partial charge in [-0.3, -0.25) is 4.79 Å². The molecule has 0 spiro atoms. The molecule has 1 N–H and O–H groups in total. The van der Waals surface area contributed by atoms with Crippen LogP contribution in [0.2, 0.25) is 5.02 Å². The zero-order chi connectivity index (χ0) is 17.0. The summed E-state index contributed by atoms with van der Waals surface area (Å²) in [7, 11) is -3.58. The van der Waals surface area contributed by atoms with Gasteiger partial charge in [0.15, 0.2) is 0 Å². The number of amides is 1. The molecule has 1 aromatic rings. The minimum absolute atomic E-state index is 0.123. The molecular formula is C16H23ClN2O3S. The smallest absolute Gasteiger partial charge is 0.252 e. The lowest BCUT2D eigenvalue weighted by Crippen LogP contribution is -2.38. The van der Waals surface area contributed by atoms with E-state index < -0.39 is 10.0 Å². The molecule has 0 aromatic heterocycles. The summed E-state index contributed by atoms with van der Waals surface area (Å²) in [6.45, 7) is 5.63. The van der Waals surface area contributed by atoms with Crippen LogP contribution in [-0.4, -0.2) is 38.3 Å². The number of sulfonamides is 1. The molecule has 1 aromatic carbocycles. The minimum Gasteiger partial charge on any atom is -0.352 e. The van der Waals surface area contributed by atoms with E-state index in [0.717, 1.165) is 19.3 Å². The Hall–Kier alpha value is -1.11. The average Bonchev–Trinajstić information content (AvgIpc) is 2.53. The number of hydrogen-bond acceptors (Lipinski definition) is 3. The van der Waals surface area contributed by atoms with E-state index in [9.17, 15) is 13.2 Å². The van der Waals surface area contributed by atoms with Gasteiger partial charge in [-0.2, -0.15) is 4.31 Å². The molecular weight excluding hydrogens is 336 g/mol. The first-order valence-electron chi connectivity index (χ1n) is 7.94. The molecule has 0 unspecified atom stereocenters. The maximum atomic E-state index is 12.7. The summed E-state index contributed by atoms with van der Waals surface area (Å²) in [5, 5.41) is 2.98. The van der Waals surface area contributed by atoms with Gasteiger partial charge in [-0.05, 0) is 43.4 Å². The Balaban J connectivity index is 2.27. The molecule has 1 amide bonds. The van der Waals surface area contributed by atoms with Crippen molar-refractivity contribution in [3.63, 3.8) is 0 Å². The van der Waals surface area contributed by atoms with Crippen LogP contribution in [-0.2, 0) is 10.0 Å². The van der Waals surface area contributed by atoms with E-state index in [4.69, 9.17) is 11.6 Å². The van der Waals surface area contributed by atoms with Gasteiger partial charge in [-0.25, -0.2) is 8.42 Å². The Kier molecular flexibility index (Phi) is 6.06.